The van der Waals surface area contributed by atoms with Gasteiger partial charge in [-0.25, -0.2) is 0 Å². The lowest BCUT2D eigenvalue weighted by Gasteiger charge is -2.21. The summed E-state index contributed by atoms with van der Waals surface area (Å²) in [7, 11) is 0. The van der Waals surface area contributed by atoms with Gasteiger partial charge in [-0.1, -0.05) is 36.4 Å². The first kappa shape index (κ1) is 19.9. The minimum Gasteiger partial charge on any atom is -0.394 e. The van der Waals surface area contributed by atoms with Crippen LogP contribution in [-0.4, -0.2) is 41.3 Å². The summed E-state index contributed by atoms with van der Waals surface area (Å²) in [5, 5.41) is 23.9. The number of allylic oxidation sites excluding steroid dienone is 1. The Morgan fingerprint density at radius 2 is 1.83 bits per heavy atom. The zero-order chi connectivity index (χ0) is 17.9. The molecule has 3 unspecified atom stereocenters. The van der Waals surface area contributed by atoms with E-state index < -0.39 is 12.0 Å². The number of rotatable bonds is 10. The average molecular weight is 334 g/mol. The highest BCUT2D eigenvalue weighted by atomic mass is 16.3. The largest absolute Gasteiger partial charge is 0.394 e. The van der Waals surface area contributed by atoms with Crippen molar-refractivity contribution in [1.82, 2.24) is 10.6 Å². The van der Waals surface area contributed by atoms with Gasteiger partial charge in [0.15, 0.2) is 0 Å². The molecule has 0 aliphatic rings. The van der Waals surface area contributed by atoms with Gasteiger partial charge in [0.2, 0.25) is 11.8 Å². The summed E-state index contributed by atoms with van der Waals surface area (Å²) in [5.74, 6) is -1.20. The van der Waals surface area contributed by atoms with Crippen molar-refractivity contribution >= 4 is 11.8 Å². The number of amides is 2. The first-order valence-electron chi connectivity index (χ1n) is 7.99. The molecule has 0 heterocycles. The van der Waals surface area contributed by atoms with Crippen molar-refractivity contribution in [3.05, 3.63) is 48.6 Å². The van der Waals surface area contributed by atoms with E-state index in [9.17, 15) is 14.7 Å². The Hall–Kier alpha value is -2.18. The van der Waals surface area contributed by atoms with Gasteiger partial charge in [0.1, 0.15) is 0 Å². The van der Waals surface area contributed by atoms with Crippen molar-refractivity contribution in [1.29, 1.82) is 0 Å². The molecule has 6 nitrogen and oxygen atoms in total. The average Bonchev–Trinajstić information content (AvgIpc) is 2.59. The Balaban J connectivity index is 2.71. The van der Waals surface area contributed by atoms with Crippen LogP contribution in [0.25, 0.3) is 0 Å². The molecule has 0 spiro atoms. The van der Waals surface area contributed by atoms with Crippen molar-refractivity contribution in [2.24, 2.45) is 5.92 Å². The van der Waals surface area contributed by atoms with Crippen LogP contribution in [0.4, 0.5) is 0 Å². The second-order valence-electron chi connectivity index (χ2n) is 5.73. The molecule has 0 fully saturated rings. The number of hydrogen-bond acceptors (Lipinski definition) is 4. The Kier molecular flexibility index (Phi) is 8.75. The summed E-state index contributed by atoms with van der Waals surface area (Å²) in [6, 6.07) is 8.26. The maximum absolute atomic E-state index is 12.5. The minimum absolute atomic E-state index is 0.00483. The lowest BCUT2D eigenvalue weighted by Crippen LogP contribution is -2.40. The summed E-state index contributed by atoms with van der Waals surface area (Å²) in [4.78, 5) is 24.4. The Bertz CT molecular complexity index is 533. The second-order valence-corrected chi connectivity index (χ2v) is 5.73. The molecule has 2 amide bonds. The number of nitrogens with one attached hydrogen (secondary N) is 2. The molecule has 4 N–H and O–H groups in total. The number of carbonyl (C=O) groups excluding carboxylic acids is 2. The van der Waals surface area contributed by atoms with Gasteiger partial charge >= 0.3 is 0 Å². The molecule has 6 heteroatoms. The molecule has 1 rings (SSSR count). The van der Waals surface area contributed by atoms with E-state index in [1.165, 1.54) is 0 Å². The number of hydrogen-bond donors (Lipinski definition) is 4. The number of carbonyl (C=O) groups is 2. The van der Waals surface area contributed by atoms with Crippen LogP contribution in [-0.2, 0) is 9.59 Å². The molecule has 132 valence electrons. The topological polar surface area (TPSA) is 98.7 Å². The fraction of sp³-hybridized carbons (Fsp3) is 0.444. The SMILES string of the molecule is C=CCC(CC(=O)NC(C)CO)C(=O)NC(CO)c1ccccc1. The van der Waals surface area contributed by atoms with Crippen LogP contribution in [0.3, 0.4) is 0 Å². The van der Waals surface area contributed by atoms with E-state index in [0.717, 1.165) is 5.56 Å². The Morgan fingerprint density at radius 1 is 1.17 bits per heavy atom. The molecule has 0 saturated carbocycles. The molecule has 0 aliphatic heterocycles. The lowest BCUT2D eigenvalue weighted by atomic mass is 9.98. The quantitative estimate of drug-likeness (QED) is 0.478. The van der Waals surface area contributed by atoms with E-state index >= 15 is 0 Å². The molecular weight excluding hydrogens is 308 g/mol. The molecular formula is C18H26N2O4. The molecule has 0 aromatic heterocycles. The van der Waals surface area contributed by atoms with Gasteiger partial charge in [0.05, 0.1) is 25.2 Å². The van der Waals surface area contributed by atoms with Gasteiger partial charge < -0.3 is 20.8 Å². The predicted molar refractivity (Wildman–Crippen MR) is 92.0 cm³/mol. The lowest BCUT2D eigenvalue weighted by molar-refractivity contribution is -0.131. The number of benzene rings is 1. The first-order valence-corrected chi connectivity index (χ1v) is 7.99. The molecule has 1 aromatic rings. The molecule has 0 saturated heterocycles. The summed E-state index contributed by atoms with van der Waals surface area (Å²) in [6.07, 6.45) is 1.93. The molecule has 0 bridgehead atoms. The van der Waals surface area contributed by atoms with Gasteiger partial charge in [0, 0.05) is 12.5 Å². The first-order chi connectivity index (χ1) is 11.5. The predicted octanol–water partition coefficient (Wildman–Crippen LogP) is 0.916. The van der Waals surface area contributed by atoms with E-state index in [1.807, 2.05) is 30.3 Å². The molecule has 3 atom stereocenters. The Labute approximate surface area is 142 Å². The normalized spacial score (nSPS) is 14.3. The van der Waals surface area contributed by atoms with Crippen molar-refractivity contribution in [2.75, 3.05) is 13.2 Å². The molecule has 0 radical (unpaired) electrons. The summed E-state index contributed by atoms with van der Waals surface area (Å²) >= 11 is 0. The molecule has 0 aliphatic carbocycles. The van der Waals surface area contributed by atoms with Gasteiger partial charge in [-0.15, -0.1) is 6.58 Å². The van der Waals surface area contributed by atoms with E-state index in [4.69, 9.17) is 5.11 Å². The van der Waals surface area contributed by atoms with Crippen LogP contribution >= 0.6 is 0 Å². The zero-order valence-electron chi connectivity index (χ0n) is 13.9. The van der Waals surface area contributed by atoms with Crippen molar-refractivity contribution in [3.8, 4) is 0 Å². The third-order valence-electron chi connectivity index (χ3n) is 3.64. The van der Waals surface area contributed by atoms with E-state index in [0.29, 0.717) is 6.42 Å². The van der Waals surface area contributed by atoms with E-state index in [1.54, 1.807) is 13.0 Å². The highest BCUT2D eigenvalue weighted by molar-refractivity contribution is 5.86. The maximum Gasteiger partial charge on any atom is 0.224 e. The smallest absolute Gasteiger partial charge is 0.224 e. The van der Waals surface area contributed by atoms with E-state index in [-0.39, 0.29) is 37.5 Å². The Morgan fingerprint density at radius 3 is 2.38 bits per heavy atom. The fourth-order valence-electron chi connectivity index (χ4n) is 2.30. The monoisotopic (exact) mass is 334 g/mol. The minimum atomic E-state index is -0.578. The highest BCUT2D eigenvalue weighted by Crippen LogP contribution is 2.16. The van der Waals surface area contributed by atoms with Crippen LogP contribution in [0.1, 0.15) is 31.4 Å². The molecule has 1 aromatic carbocycles. The van der Waals surface area contributed by atoms with Crippen LogP contribution in [0.15, 0.2) is 43.0 Å². The van der Waals surface area contributed by atoms with Crippen LogP contribution < -0.4 is 10.6 Å². The summed E-state index contributed by atoms with van der Waals surface area (Å²) in [5.41, 5.74) is 0.795. The fourth-order valence-corrected chi connectivity index (χ4v) is 2.30. The second kappa shape index (κ2) is 10.6. The number of aliphatic hydroxyl groups is 2. The van der Waals surface area contributed by atoms with Crippen LogP contribution in [0.5, 0.6) is 0 Å². The van der Waals surface area contributed by atoms with Gasteiger partial charge in [-0.05, 0) is 18.9 Å². The summed E-state index contributed by atoms with van der Waals surface area (Å²) in [6.45, 7) is 4.91. The third-order valence-corrected chi connectivity index (χ3v) is 3.64. The molecule has 24 heavy (non-hydrogen) atoms. The zero-order valence-corrected chi connectivity index (χ0v) is 13.9. The van der Waals surface area contributed by atoms with Crippen LogP contribution in [0, 0.1) is 5.92 Å². The maximum atomic E-state index is 12.5. The van der Waals surface area contributed by atoms with Gasteiger partial charge in [-0.2, -0.15) is 0 Å². The highest BCUT2D eigenvalue weighted by Gasteiger charge is 2.24. The standard InChI is InChI=1S/C18H26N2O4/c1-3-7-15(10-17(23)19-13(2)11-21)18(24)20-16(12-22)14-8-5-4-6-9-14/h3-6,8-9,13,15-16,21-22H,1,7,10-12H2,2H3,(H,19,23)(H,20,24). The van der Waals surface area contributed by atoms with E-state index in [2.05, 4.69) is 17.2 Å². The van der Waals surface area contributed by atoms with Crippen LogP contribution in [0.2, 0.25) is 0 Å². The van der Waals surface area contributed by atoms with Crippen molar-refractivity contribution in [2.45, 2.75) is 31.8 Å². The third kappa shape index (κ3) is 6.52. The van der Waals surface area contributed by atoms with Crippen molar-refractivity contribution < 1.29 is 19.8 Å². The van der Waals surface area contributed by atoms with Gasteiger partial charge in [0.25, 0.3) is 0 Å². The van der Waals surface area contributed by atoms with Gasteiger partial charge in [-0.3, -0.25) is 9.59 Å². The van der Waals surface area contributed by atoms with Crippen molar-refractivity contribution in [3.63, 3.8) is 0 Å². The number of aliphatic hydroxyl groups excluding tert-OH is 2. The summed E-state index contributed by atoms with van der Waals surface area (Å²) < 4.78 is 0.